The Labute approximate surface area is 205 Å². The lowest BCUT2D eigenvalue weighted by atomic mass is 9.71. The number of ether oxygens (including phenoxy) is 1. The zero-order valence-corrected chi connectivity index (χ0v) is 21.7. The van der Waals surface area contributed by atoms with Crippen LogP contribution >= 0.6 is 0 Å². The van der Waals surface area contributed by atoms with Crippen LogP contribution in [-0.2, 0) is 24.0 Å². The molecule has 0 aromatic rings. The van der Waals surface area contributed by atoms with E-state index in [4.69, 9.17) is 9.57 Å². The van der Waals surface area contributed by atoms with E-state index in [1.807, 2.05) is 27.7 Å². The first-order valence-electron chi connectivity index (χ1n) is 12.8. The zero-order chi connectivity index (χ0) is 25.4. The molecule has 0 bridgehead atoms. The van der Waals surface area contributed by atoms with Gasteiger partial charge in [0.05, 0.1) is 11.1 Å². The smallest absolute Gasteiger partial charge is 0.349 e. The van der Waals surface area contributed by atoms with Gasteiger partial charge in [-0.15, -0.1) is 5.06 Å². The summed E-state index contributed by atoms with van der Waals surface area (Å²) in [6.07, 6.45) is 12.5. The van der Waals surface area contributed by atoms with Crippen LogP contribution in [0, 0.1) is 0 Å². The van der Waals surface area contributed by atoms with Crippen LogP contribution in [0.4, 0.5) is 0 Å². The summed E-state index contributed by atoms with van der Waals surface area (Å²) in [6, 6.07) is 0. The summed E-state index contributed by atoms with van der Waals surface area (Å²) < 4.78 is 6.47. The second kappa shape index (κ2) is 12.1. The molecule has 7 nitrogen and oxygen atoms in total. The van der Waals surface area contributed by atoms with Gasteiger partial charge in [-0.05, 0) is 46.6 Å². The zero-order valence-electron chi connectivity index (χ0n) is 21.7. The standard InChI is InChI=1S/C27H44N2O5/c1-7-22(30)28-18-16-14-12-10-9-11-13-15-17-19-33-27(24(28)32)20-25(3,4)29(26(5,6)21-27)34-23(31)8-2/h7-8H,1-2,9-21H2,3-6H3. The average molecular weight is 477 g/mol. The third-order valence-corrected chi connectivity index (χ3v) is 6.86. The van der Waals surface area contributed by atoms with E-state index in [1.54, 1.807) is 5.06 Å². The number of hydroxylamine groups is 2. The maximum Gasteiger partial charge on any atom is 0.349 e. The lowest BCUT2D eigenvalue weighted by Gasteiger charge is -2.56. The third kappa shape index (κ3) is 7.01. The molecule has 34 heavy (non-hydrogen) atoms. The Bertz CT molecular complexity index is 740. The van der Waals surface area contributed by atoms with Crippen LogP contribution < -0.4 is 0 Å². The molecule has 7 heteroatoms. The number of carbonyl (C=O) groups excluding carboxylic acids is 3. The minimum absolute atomic E-state index is 0.285. The van der Waals surface area contributed by atoms with Crippen molar-refractivity contribution in [3.05, 3.63) is 25.3 Å². The summed E-state index contributed by atoms with van der Waals surface area (Å²) in [5, 5.41) is 1.65. The monoisotopic (exact) mass is 476 g/mol. The highest BCUT2D eigenvalue weighted by Crippen LogP contribution is 2.46. The Hall–Kier alpha value is -1.99. The van der Waals surface area contributed by atoms with Crippen LogP contribution in [0.3, 0.4) is 0 Å². The van der Waals surface area contributed by atoms with Crippen LogP contribution in [-0.4, -0.2) is 57.6 Å². The van der Waals surface area contributed by atoms with E-state index in [-0.39, 0.29) is 18.7 Å². The summed E-state index contributed by atoms with van der Waals surface area (Å²) in [4.78, 5) is 45.9. The van der Waals surface area contributed by atoms with Gasteiger partial charge in [0.1, 0.15) is 0 Å². The minimum atomic E-state index is -1.21. The summed E-state index contributed by atoms with van der Waals surface area (Å²) in [5.74, 6) is -1.26. The first-order valence-corrected chi connectivity index (χ1v) is 12.8. The van der Waals surface area contributed by atoms with Gasteiger partial charge in [0.2, 0.25) is 0 Å². The van der Waals surface area contributed by atoms with Crippen molar-refractivity contribution in [1.82, 2.24) is 9.96 Å². The van der Waals surface area contributed by atoms with Crippen molar-refractivity contribution >= 4 is 17.8 Å². The molecule has 2 aliphatic rings. The largest absolute Gasteiger partial charge is 0.365 e. The summed E-state index contributed by atoms with van der Waals surface area (Å²) in [6.45, 7) is 15.6. The van der Waals surface area contributed by atoms with Gasteiger partial charge in [0, 0.05) is 32.1 Å². The van der Waals surface area contributed by atoms with Crippen molar-refractivity contribution in [2.45, 2.75) is 115 Å². The van der Waals surface area contributed by atoms with Crippen molar-refractivity contribution < 1.29 is 24.0 Å². The van der Waals surface area contributed by atoms with E-state index in [1.165, 1.54) is 30.2 Å². The molecule has 0 aromatic heterocycles. The summed E-state index contributed by atoms with van der Waals surface area (Å²) in [5.41, 5.74) is -2.65. The number of piperidine rings is 1. The van der Waals surface area contributed by atoms with Gasteiger partial charge < -0.3 is 9.57 Å². The topological polar surface area (TPSA) is 76.2 Å². The minimum Gasteiger partial charge on any atom is -0.365 e. The van der Waals surface area contributed by atoms with Crippen LogP contribution in [0.15, 0.2) is 25.3 Å². The maximum atomic E-state index is 14.1. The quantitative estimate of drug-likeness (QED) is 0.527. The number of amides is 2. The highest BCUT2D eigenvalue weighted by atomic mass is 16.7. The van der Waals surface area contributed by atoms with Crippen LogP contribution in [0.2, 0.25) is 0 Å². The van der Waals surface area contributed by atoms with Gasteiger partial charge >= 0.3 is 5.97 Å². The number of hydrogen-bond donors (Lipinski definition) is 0. The van der Waals surface area contributed by atoms with Crippen molar-refractivity contribution in [3.63, 3.8) is 0 Å². The lowest BCUT2D eigenvalue weighted by Crippen LogP contribution is -2.69. The molecule has 0 unspecified atom stereocenters. The molecule has 0 saturated carbocycles. The molecule has 2 rings (SSSR count). The van der Waals surface area contributed by atoms with Crippen LogP contribution in [0.5, 0.6) is 0 Å². The molecule has 2 saturated heterocycles. The van der Waals surface area contributed by atoms with Crippen molar-refractivity contribution in [2.24, 2.45) is 0 Å². The number of nitrogens with zero attached hydrogens (tertiary/aromatic N) is 2. The SMILES string of the molecule is C=CC(=O)ON1C(C)(C)CC2(CC1(C)C)OCCCCCCCCCCCN(C(=O)C=C)C2=O. The highest BCUT2D eigenvalue weighted by Gasteiger charge is 2.59. The number of carbonyl (C=O) groups is 3. The van der Waals surface area contributed by atoms with Crippen LogP contribution in [0.1, 0.15) is 98.3 Å². The fraction of sp³-hybridized carbons (Fsp3) is 0.741. The van der Waals surface area contributed by atoms with Gasteiger partial charge in [-0.25, -0.2) is 4.79 Å². The van der Waals surface area contributed by atoms with Crippen molar-refractivity contribution in [2.75, 3.05) is 13.2 Å². The van der Waals surface area contributed by atoms with Gasteiger partial charge in [0.15, 0.2) is 5.60 Å². The molecule has 0 N–H and O–H groups in total. The van der Waals surface area contributed by atoms with E-state index in [9.17, 15) is 14.4 Å². The van der Waals surface area contributed by atoms with Crippen molar-refractivity contribution in [3.8, 4) is 0 Å². The van der Waals surface area contributed by atoms with E-state index >= 15 is 0 Å². The van der Waals surface area contributed by atoms with Gasteiger partial charge in [-0.3, -0.25) is 14.5 Å². The Morgan fingerprint density at radius 1 is 0.853 bits per heavy atom. The van der Waals surface area contributed by atoms with E-state index in [0.29, 0.717) is 13.2 Å². The first kappa shape index (κ1) is 28.2. The highest BCUT2D eigenvalue weighted by molar-refractivity contribution is 6.04. The molecule has 2 aliphatic heterocycles. The fourth-order valence-corrected chi connectivity index (χ4v) is 5.66. The molecule has 0 radical (unpaired) electrons. The molecular formula is C27H44N2O5. The molecule has 2 amide bonds. The Morgan fingerprint density at radius 2 is 1.35 bits per heavy atom. The number of imide groups is 1. The van der Waals surface area contributed by atoms with E-state index < -0.39 is 28.6 Å². The Balaban J connectivity index is 2.43. The second-order valence-electron chi connectivity index (χ2n) is 10.9. The molecule has 192 valence electrons. The van der Waals surface area contributed by atoms with Gasteiger partial charge in [-0.2, -0.15) is 0 Å². The predicted molar refractivity (Wildman–Crippen MR) is 133 cm³/mol. The molecule has 1 spiro atoms. The molecule has 2 heterocycles. The fourth-order valence-electron chi connectivity index (χ4n) is 5.66. The van der Waals surface area contributed by atoms with Crippen LogP contribution in [0.25, 0.3) is 0 Å². The molecule has 0 aliphatic carbocycles. The number of rotatable bonds is 3. The van der Waals surface area contributed by atoms with Gasteiger partial charge in [0.25, 0.3) is 11.8 Å². The van der Waals surface area contributed by atoms with Gasteiger partial charge in [-0.1, -0.05) is 58.1 Å². The summed E-state index contributed by atoms with van der Waals surface area (Å²) >= 11 is 0. The molecule has 0 aromatic carbocycles. The van der Waals surface area contributed by atoms with E-state index in [2.05, 4.69) is 13.2 Å². The second-order valence-corrected chi connectivity index (χ2v) is 10.9. The number of hydrogen-bond acceptors (Lipinski definition) is 6. The predicted octanol–water partition coefficient (Wildman–Crippen LogP) is 5.10. The van der Waals surface area contributed by atoms with E-state index in [0.717, 1.165) is 44.6 Å². The maximum absolute atomic E-state index is 14.1. The lowest BCUT2D eigenvalue weighted by molar-refractivity contribution is -0.288. The average Bonchev–Trinajstić information content (AvgIpc) is 2.77. The molecule has 2 fully saturated rings. The summed E-state index contributed by atoms with van der Waals surface area (Å²) in [7, 11) is 0. The molecular weight excluding hydrogens is 432 g/mol. The third-order valence-electron chi connectivity index (χ3n) is 6.86. The Kier molecular flexibility index (Phi) is 10.1. The first-order chi connectivity index (χ1) is 16.0. The van der Waals surface area contributed by atoms with Crippen molar-refractivity contribution in [1.29, 1.82) is 0 Å². The Morgan fingerprint density at radius 3 is 1.85 bits per heavy atom. The normalized spacial score (nSPS) is 24.5. The molecule has 0 atom stereocenters.